The van der Waals surface area contributed by atoms with Gasteiger partial charge in [0.05, 0.1) is 6.07 Å². The standard InChI is InChI=1S/C16H15N3O3/c17-11-16(8-4-5-9-16)15(20)21-10-13-18-19-14(22-13)12-6-2-1-3-7-12/h1-3,6-7H,4-5,8-10H2. The fraction of sp³-hybridized carbons (Fsp3) is 0.375. The Morgan fingerprint density at radius 1 is 1.27 bits per heavy atom. The van der Waals surface area contributed by atoms with E-state index in [4.69, 9.17) is 9.15 Å². The number of hydrogen-bond acceptors (Lipinski definition) is 6. The van der Waals surface area contributed by atoms with Gasteiger partial charge >= 0.3 is 5.97 Å². The Balaban J connectivity index is 1.64. The second-order valence-corrected chi connectivity index (χ2v) is 5.34. The van der Waals surface area contributed by atoms with Crippen molar-refractivity contribution in [2.75, 3.05) is 0 Å². The van der Waals surface area contributed by atoms with Gasteiger partial charge in [-0.1, -0.05) is 31.0 Å². The van der Waals surface area contributed by atoms with Gasteiger partial charge in [-0.3, -0.25) is 4.79 Å². The van der Waals surface area contributed by atoms with Gasteiger partial charge in [-0.25, -0.2) is 0 Å². The van der Waals surface area contributed by atoms with E-state index in [1.54, 1.807) is 0 Å². The fourth-order valence-electron chi connectivity index (χ4n) is 2.61. The van der Waals surface area contributed by atoms with Crippen molar-refractivity contribution in [3.63, 3.8) is 0 Å². The number of ether oxygens (including phenoxy) is 1. The van der Waals surface area contributed by atoms with Gasteiger partial charge in [-0.15, -0.1) is 10.2 Å². The van der Waals surface area contributed by atoms with Crippen molar-refractivity contribution >= 4 is 5.97 Å². The highest BCUT2D eigenvalue weighted by molar-refractivity contribution is 5.80. The van der Waals surface area contributed by atoms with Gasteiger partial charge in [-0.05, 0) is 25.0 Å². The van der Waals surface area contributed by atoms with Gasteiger partial charge in [0, 0.05) is 5.56 Å². The first-order valence-electron chi connectivity index (χ1n) is 7.20. The van der Waals surface area contributed by atoms with Crippen molar-refractivity contribution in [3.8, 4) is 17.5 Å². The third-order valence-electron chi connectivity index (χ3n) is 3.88. The van der Waals surface area contributed by atoms with Gasteiger partial charge in [0.1, 0.15) is 0 Å². The normalized spacial score (nSPS) is 16.1. The molecule has 1 aromatic carbocycles. The first-order chi connectivity index (χ1) is 10.7. The quantitative estimate of drug-likeness (QED) is 0.806. The van der Waals surface area contributed by atoms with Crippen LogP contribution in [-0.2, 0) is 16.1 Å². The monoisotopic (exact) mass is 297 g/mol. The summed E-state index contributed by atoms with van der Waals surface area (Å²) in [5, 5.41) is 17.0. The van der Waals surface area contributed by atoms with Crippen LogP contribution >= 0.6 is 0 Å². The Kier molecular flexibility index (Phi) is 3.88. The van der Waals surface area contributed by atoms with Crippen LogP contribution < -0.4 is 0 Å². The van der Waals surface area contributed by atoms with E-state index in [1.165, 1.54) is 0 Å². The van der Waals surface area contributed by atoms with Crippen LogP contribution in [0.5, 0.6) is 0 Å². The van der Waals surface area contributed by atoms with Crippen LogP contribution in [0.15, 0.2) is 34.7 Å². The lowest BCUT2D eigenvalue weighted by molar-refractivity contribution is -0.154. The number of hydrogen-bond donors (Lipinski definition) is 0. The SMILES string of the molecule is N#CC1(C(=O)OCc2nnc(-c3ccccc3)o2)CCCC1. The Morgan fingerprint density at radius 3 is 2.68 bits per heavy atom. The zero-order valence-electron chi connectivity index (χ0n) is 12.0. The molecule has 112 valence electrons. The average molecular weight is 297 g/mol. The molecule has 6 heteroatoms. The zero-order valence-corrected chi connectivity index (χ0v) is 12.0. The van der Waals surface area contributed by atoms with Gasteiger partial charge in [0.2, 0.25) is 5.89 Å². The molecule has 0 atom stereocenters. The van der Waals surface area contributed by atoms with E-state index >= 15 is 0 Å². The van der Waals surface area contributed by atoms with Crippen molar-refractivity contribution in [2.24, 2.45) is 5.41 Å². The summed E-state index contributed by atoms with van der Waals surface area (Å²) < 4.78 is 10.7. The Bertz CT molecular complexity index is 697. The molecule has 0 unspecified atom stereocenters. The number of carbonyl (C=O) groups excluding carboxylic acids is 1. The molecular weight excluding hydrogens is 282 g/mol. The largest absolute Gasteiger partial charge is 0.454 e. The van der Waals surface area contributed by atoms with Crippen LogP contribution in [0, 0.1) is 16.7 Å². The van der Waals surface area contributed by atoms with Crippen LogP contribution in [0.4, 0.5) is 0 Å². The average Bonchev–Trinajstić information content (AvgIpc) is 3.23. The highest BCUT2D eigenvalue weighted by Gasteiger charge is 2.43. The maximum Gasteiger partial charge on any atom is 0.326 e. The second kappa shape index (κ2) is 5.98. The van der Waals surface area contributed by atoms with Crippen molar-refractivity contribution in [1.82, 2.24) is 10.2 Å². The first-order valence-corrected chi connectivity index (χ1v) is 7.20. The molecule has 0 aliphatic heterocycles. The van der Waals surface area contributed by atoms with Crippen molar-refractivity contribution in [2.45, 2.75) is 32.3 Å². The van der Waals surface area contributed by atoms with E-state index in [0.29, 0.717) is 18.7 Å². The Labute approximate surface area is 127 Å². The molecule has 1 fully saturated rings. The molecule has 6 nitrogen and oxygen atoms in total. The summed E-state index contributed by atoms with van der Waals surface area (Å²) in [6.07, 6.45) is 2.87. The summed E-state index contributed by atoms with van der Waals surface area (Å²) in [6.45, 7) is -0.109. The Morgan fingerprint density at radius 2 is 2.00 bits per heavy atom. The molecule has 1 heterocycles. The number of esters is 1. The van der Waals surface area contributed by atoms with E-state index in [0.717, 1.165) is 18.4 Å². The van der Waals surface area contributed by atoms with E-state index < -0.39 is 11.4 Å². The number of nitriles is 1. The summed E-state index contributed by atoms with van der Waals surface area (Å²) >= 11 is 0. The van der Waals surface area contributed by atoms with Gasteiger partial charge in [0.15, 0.2) is 12.0 Å². The first kappa shape index (κ1) is 14.3. The van der Waals surface area contributed by atoms with Crippen molar-refractivity contribution < 1.29 is 13.9 Å². The summed E-state index contributed by atoms with van der Waals surface area (Å²) in [5.74, 6) is 0.104. The zero-order chi connectivity index (χ0) is 15.4. The summed E-state index contributed by atoms with van der Waals surface area (Å²) in [5.41, 5.74) is -0.195. The van der Waals surface area contributed by atoms with Crippen LogP contribution in [-0.4, -0.2) is 16.2 Å². The lowest BCUT2D eigenvalue weighted by Crippen LogP contribution is -2.28. The minimum Gasteiger partial charge on any atom is -0.454 e. The molecule has 0 saturated heterocycles. The van der Waals surface area contributed by atoms with Gasteiger partial charge in [-0.2, -0.15) is 5.26 Å². The number of aromatic nitrogens is 2. The minimum atomic E-state index is -0.998. The van der Waals surface area contributed by atoms with Crippen LogP contribution in [0.25, 0.3) is 11.5 Å². The van der Waals surface area contributed by atoms with Crippen LogP contribution in [0.1, 0.15) is 31.6 Å². The Hall–Kier alpha value is -2.68. The lowest BCUT2D eigenvalue weighted by Gasteiger charge is -2.17. The third-order valence-corrected chi connectivity index (χ3v) is 3.88. The molecule has 2 aromatic rings. The molecule has 0 N–H and O–H groups in total. The predicted octanol–water partition coefficient (Wildman–Crippen LogP) is 2.86. The van der Waals surface area contributed by atoms with E-state index in [-0.39, 0.29) is 12.5 Å². The number of nitrogens with zero attached hydrogens (tertiary/aromatic N) is 3. The number of carbonyl (C=O) groups is 1. The van der Waals surface area contributed by atoms with Crippen molar-refractivity contribution in [3.05, 3.63) is 36.2 Å². The second-order valence-electron chi connectivity index (χ2n) is 5.34. The third kappa shape index (κ3) is 2.70. The van der Waals surface area contributed by atoms with Crippen molar-refractivity contribution in [1.29, 1.82) is 5.26 Å². The molecule has 3 rings (SSSR count). The molecular formula is C16H15N3O3. The molecule has 0 bridgehead atoms. The summed E-state index contributed by atoms with van der Waals surface area (Å²) in [7, 11) is 0. The van der Waals surface area contributed by atoms with E-state index in [2.05, 4.69) is 16.3 Å². The maximum absolute atomic E-state index is 12.1. The molecule has 0 amide bonds. The fourth-order valence-corrected chi connectivity index (χ4v) is 2.61. The predicted molar refractivity (Wildman–Crippen MR) is 76.0 cm³/mol. The van der Waals surface area contributed by atoms with Crippen LogP contribution in [0.3, 0.4) is 0 Å². The molecule has 1 aliphatic rings. The lowest BCUT2D eigenvalue weighted by atomic mass is 9.88. The highest BCUT2D eigenvalue weighted by atomic mass is 16.5. The highest BCUT2D eigenvalue weighted by Crippen LogP contribution is 2.38. The topological polar surface area (TPSA) is 89.0 Å². The maximum atomic E-state index is 12.1. The van der Waals surface area contributed by atoms with Crippen LogP contribution in [0.2, 0.25) is 0 Å². The molecule has 1 aliphatic carbocycles. The molecule has 22 heavy (non-hydrogen) atoms. The molecule has 0 spiro atoms. The van der Waals surface area contributed by atoms with Gasteiger partial charge < -0.3 is 9.15 Å². The van der Waals surface area contributed by atoms with E-state index in [9.17, 15) is 10.1 Å². The van der Waals surface area contributed by atoms with Gasteiger partial charge in [0.25, 0.3) is 5.89 Å². The summed E-state index contributed by atoms with van der Waals surface area (Å²) in [4.78, 5) is 12.1. The number of rotatable bonds is 4. The molecule has 1 saturated carbocycles. The summed E-state index contributed by atoms with van der Waals surface area (Å²) in [6, 6.07) is 11.4. The number of benzene rings is 1. The smallest absolute Gasteiger partial charge is 0.326 e. The molecule has 1 aromatic heterocycles. The minimum absolute atomic E-state index is 0.109. The van der Waals surface area contributed by atoms with E-state index in [1.807, 2.05) is 30.3 Å². The molecule has 0 radical (unpaired) electrons.